The molecule has 0 spiro atoms. The van der Waals surface area contributed by atoms with E-state index in [1.54, 1.807) is 0 Å². The number of hydrogen-bond acceptors (Lipinski definition) is 1. The molecule has 88 valence electrons. The van der Waals surface area contributed by atoms with Gasteiger partial charge in [-0.2, -0.15) is 0 Å². The molecule has 0 fully saturated rings. The summed E-state index contributed by atoms with van der Waals surface area (Å²) in [5.41, 5.74) is 3.09. The van der Waals surface area contributed by atoms with Crippen molar-refractivity contribution in [3.8, 4) is 0 Å². The van der Waals surface area contributed by atoms with Crippen LogP contribution in [0.3, 0.4) is 0 Å². The zero-order chi connectivity index (χ0) is 11.9. The van der Waals surface area contributed by atoms with Crippen molar-refractivity contribution in [1.82, 2.24) is 5.32 Å². The largest absolute Gasteiger partial charge is 0.307 e. The summed E-state index contributed by atoms with van der Waals surface area (Å²) in [7, 11) is 0. The molecule has 1 aromatic carbocycles. The van der Waals surface area contributed by atoms with Crippen LogP contribution in [0.4, 0.5) is 0 Å². The van der Waals surface area contributed by atoms with E-state index in [9.17, 15) is 0 Å². The van der Waals surface area contributed by atoms with Gasteiger partial charge in [-0.05, 0) is 35.1 Å². The second kappa shape index (κ2) is 4.05. The zero-order valence-corrected chi connectivity index (χ0v) is 11.2. The molecule has 0 heterocycles. The van der Waals surface area contributed by atoms with Crippen molar-refractivity contribution in [3.05, 3.63) is 34.3 Å². The van der Waals surface area contributed by atoms with E-state index >= 15 is 0 Å². The van der Waals surface area contributed by atoms with E-state index in [-0.39, 0.29) is 5.41 Å². The lowest BCUT2D eigenvalue weighted by molar-refractivity contribution is 0.256. The first-order valence-electron chi connectivity index (χ1n) is 5.94. The zero-order valence-electron chi connectivity index (χ0n) is 10.5. The van der Waals surface area contributed by atoms with E-state index in [2.05, 4.69) is 45.1 Å². The van der Waals surface area contributed by atoms with Crippen LogP contribution in [-0.4, -0.2) is 6.04 Å². The maximum atomic E-state index is 6.09. The number of halogens is 1. The Bertz CT molecular complexity index is 396. The lowest BCUT2D eigenvalue weighted by Crippen LogP contribution is -2.35. The molecule has 0 aromatic heterocycles. The highest BCUT2D eigenvalue weighted by atomic mass is 35.5. The minimum atomic E-state index is 0.275. The van der Waals surface area contributed by atoms with Crippen LogP contribution < -0.4 is 5.32 Å². The molecule has 1 aliphatic rings. The van der Waals surface area contributed by atoms with Crippen LogP contribution in [0.2, 0.25) is 5.02 Å². The highest BCUT2D eigenvalue weighted by molar-refractivity contribution is 6.30. The molecule has 16 heavy (non-hydrogen) atoms. The van der Waals surface area contributed by atoms with E-state index in [4.69, 9.17) is 11.6 Å². The van der Waals surface area contributed by atoms with Gasteiger partial charge < -0.3 is 5.32 Å². The summed E-state index contributed by atoms with van der Waals surface area (Å²) >= 11 is 6.09. The molecule has 1 aliphatic carbocycles. The minimum Gasteiger partial charge on any atom is -0.307 e. The van der Waals surface area contributed by atoms with Crippen LogP contribution >= 0.6 is 11.6 Å². The molecule has 2 rings (SSSR count). The molecule has 0 saturated heterocycles. The summed E-state index contributed by atoms with van der Waals surface area (Å²) in [6, 6.07) is 7.19. The maximum Gasteiger partial charge on any atom is 0.0409 e. The molecule has 0 amide bonds. The van der Waals surface area contributed by atoms with Crippen molar-refractivity contribution in [1.29, 1.82) is 0 Å². The minimum absolute atomic E-state index is 0.275. The van der Waals surface area contributed by atoms with Crippen molar-refractivity contribution < 1.29 is 0 Å². The van der Waals surface area contributed by atoms with Gasteiger partial charge in [-0.25, -0.2) is 0 Å². The maximum absolute atomic E-state index is 6.09. The predicted octanol–water partition coefficient (Wildman–Crippen LogP) is 3.96. The third kappa shape index (κ3) is 2.11. The summed E-state index contributed by atoms with van der Waals surface area (Å²) in [5.74, 6) is 0. The van der Waals surface area contributed by atoms with Crippen LogP contribution in [0.5, 0.6) is 0 Å². The fraction of sp³-hybridized carbons (Fsp3) is 0.571. The number of hydrogen-bond donors (Lipinski definition) is 1. The summed E-state index contributed by atoms with van der Waals surface area (Å²) in [6.45, 7) is 9.03. The molecule has 1 atom stereocenters. The Labute approximate surface area is 103 Å². The first kappa shape index (κ1) is 11.9. The molecule has 2 heteroatoms. The summed E-state index contributed by atoms with van der Waals surface area (Å²) in [6.07, 6.45) is 1.13. The Morgan fingerprint density at radius 3 is 2.69 bits per heavy atom. The number of rotatable bonds is 2. The van der Waals surface area contributed by atoms with Crippen LogP contribution in [0.15, 0.2) is 18.2 Å². The second-order valence-electron chi connectivity index (χ2n) is 5.76. The Balaban J connectivity index is 2.39. The van der Waals surface area contributed by atoms with E-state index in [0.29, 0.717) is 12.1 Å². The molecule has 0 radical (unpaired) electrons. The Morgan fingerprint density at radius 2 is 2.06 bits per heavy atom. The molecule has 1 unspecified atom stereocenters. The van der Waals surface area contributed by atoms with Crippen molar-refractivity contribution in [2.45, 2.75) is 46.2 Å². The Hall–Kier alpha value is -0.530. The molecular weight excluding hydrogens is 218 g/mol. The molecule has 1 nitrogen and oxygen atoms in total. The average molecular weight is 238 g/mol. The van der Waals surface area contributed by atoms with Crippen LogP contribution in [-0.2, 0) is 6.42 Å². The molecule has 0 bridgehead atoms. The first-order chi connectivity index (χ1) is 7.40. The predicted molar refractivity (Wildman–Crippen MR) is 69.9 cm³/mol. The number of fused-ring (bicyclic) bond motifs is 1. The topological polar surface area (TPSA) is 12.0 Å². The SMILES string of the molecule is CC(C)NC1c2cc(Cl)ccc2CC1(C)C. The van der Waals surface area contributed by atoms with Gasteiger partial charge >= 0.3 is 0 Å². The van der Waals surface area contributed by atoms with Crippen molar-refractivity contribution in [2.75, 3.05) is 0 Å². The second-order valence-corrected chi connectivity index (χ2v) is 6.20. The highest BCUT2D eigenvalue weighted by Crippen LogP contribution is 2.45. The lowest BCUT2D eigenvalue weighted by Gasteiger charge is -2.30. The summed E-state index contributed by atoms with van der Waals surface area (Å²) in [5, 5.41) is 4.50. The molecular formula is C14H20ClN. The van der Waals surface area contributed by atoms with Crippen LogP contribution in [0.25, 0.3) is 0 Å². The van der Waals surface area contributed by atoms with Crippen molar-refractivity contribution in [3.63, 3.8) is 0 Å². The fourth-order valence-electron chi connectivity index (χ4n) is 2.66. The third-order valence-electron chi connectivity index (χ3n) is 3.35. The van der Waals surface area contributed by atoms with E-state index in [1.165, 1.54) is 11.1 Å². The first-order valence-corrected chi connectivity index (χ1v) is 6.32. The Morgan fingerprint density at radius 1 is 1.38 bits per heavy atom. The van der Waals surface area contributed by atoms with Crippen molar-refractivity contribution >= 4 is 11.6 Å². The molecule has 1 N–H and O–H groups in total. The van der Waals surface area contributed by atoms with Gasteiger partial charge in [0, 0.05) is 17.1 Å². The van der Waals surface area contributed by atoms with Crippen LogP contribution in [0.1, 0.15) is 44.9 Å². The monoisotopic (exact) mass is 237 g/mol. The van der Waals surface area contributed by atoms with E-state index < -0.39 is 0 Å². The smallest absolute Gasteiger partial charge is 0.0409 e. The normalized spacial score (nSPS) is 22.5. The van der Waals surface area contributed by atoms with Gasteiger partial charge in [0.1, 0.15) is 0 Å². The highest BCUT2D eigenvalue weighted by Gasteiger charge is 2.38. The lowest BCUT2D eigenvalue weighted by atomic mass is 9.85. The van der Waals surface area contributed by atoms with Gasteiger partial charge in [-0.3, -0.25) is 0 Å². The third-order valence-corrected chi connectivity index (χ3v) is 3.58. The van der Waals surface area contributed by atoms with Crippen LogP contribution in [0, 0.1) is 5.41 Å². The van der Waals surface area contributed by atoms with Gasteiger partial charge in [-0.15, -0.1) is 0 Å². The quantitative estimate of drug-likeness (QED) is 0.821. The van der Waals surface area contributed by atoms with Gasteiger partial charge in [0.2, 0.25) is 0 Å². The molecule has 0 saturated carbocycles. The number of nitrogens with one attached hydrogen (secondary N) is 1. The summed E-state index contributed by atoms with van der Waals surface area (Å²) in [4.78, 5) is 0. The van der Waals surface area contributed by atoms with Gasteiger partial charge in [0.15, 0.2) is 0 Å². The van der Waals surface area contributed by atoms with E-state index in [1.807, 2.05) is 6.07 Å². The molecule has 0 aliphatic heterocycles. The van der Waals surface area contributed by atoms with Gasteiger partial charge in [0.05, 0.1) is 0 Å². The van der Waals surface area contributed by atoms with E-state index in [0.717, 1.165) is 11.4 Å². The standard InChI is InChI=1S/C14H20ClN/c1-9(2)16-13-12-7-11(15)6-5-10(12)8-14(13,3)4/h5-7,9,13,16H,8H2,1-4H3. The van der Waals surface area contributed by atoms with Crippen molar-refractivity contribution in [2.24, 2.45) is 5.41 Å². The molecule has 1 aromatic rings. The summed E-state index contributed by atoms with van der Waals surface area (Å²) < 4.78 is 0. The van der Waals surface area contributed by atoms with Gasteiger partial charge in [-0.1, -0.05) is 45.4 Å². The fourth-order valence-corrected chi connectivity index (χ4v) is 2.84. The van der Waals surface area contributed by atoms with Gasteiger partial charge in [0.25, 0.3) is 0 Å². The average Bonchev–Trinajstić information content (AvgIpc) is 2.38. The Kier molecular flexibility index (Phi) is 3.02. The number of benzene rings is 1.